The van der Waals surface area contributed by atoms with Crippen LogP contribution >= 0.6 is 0 Å². The highest BCUT2D eigenvalue weighted by Crippen LogP contribution is 2.32. The molecule has 3 amide bonds. The van der Waals surface area contributed by atoms with Gasteiger partial charge in [0, 0.05) is 31.2 Å². The fourth-order valence-corrected chi connectivity index (χ4v) is 4.02. The quantitative estimate of drug-likeness (QED) is 0.612. The summed E-state index contributed by atoms with van der Waals surface area (Å²) in [6.07, 6.45) is 2.48. The maximum atomic E-state index is 13.8. The van der Waals surface area contributed by atoms with E-state index in [9.17, 15) is 14.0 Å². The summed E-state index contributed by atoms with van der Waals surface area (Å²) in [6, 6.07) is 12.0. The SMILES string of the molecule is CCCCNC(=O)N1C[C@H](C(=O)Nc2ccc(OC)cc2)C[C@H](c2ccc(F)c(C)c2)C1. The van der Waals surface area contributed by atoms with Crippen LogP contribution in [0.5, 0.6) is 5.75 Å². The van der Waals surface area contributed by atoms with Gasteiger partial charge in [-0.3, -0.25) is 4.79 Å². The average molecular weight is 442 g/mol. The molecule has 0 radical (unpaired) electrons. The number of piperidine rings is 1. The van der Waals surface area contributed by atoms with Crippen molar-refractivity contribution in [3.8, 4) is 5.75 Å². The number of hydrogen-bond donors (Lipinski definition) is 2. The van der Waals surface area contributed by atoms with E-state index in [0.717, 1.165) is 18.4 Å². The van der Waals surface area contributed by atoms with Crippen LogP contribution in [0.15, 0.2) is 42.5 Å². The Hall–Kier alpha value is -3.09. The minimum Gasteiger partial charge on any atom is -0.497 e. The Balaban J connectivity index is 1.77. The highest BCUT2D eigenvalue weighted by atomic mass is 19.1. The van der Waals surface area contributed by atoms with Crippen molar-refractivity contribution in [2.24, 2.45) is 5.92 Å². The molecule has 1 heterocycles. The van der Waals surface area contributed by atoms with E-state index in [4.69, 9.17) is 4.74 Å². The molecule has 0 saturated carbocycles. The van der Waals surface area contributed by atoms with Crippen LogP contribution in [-0.4, -0.2) is 43.6 Å². The number of nitrogens with one attached hydrogen (secondary N) is 2. The lowest BCUT2D eigenvalue weighted by Gasteiger charge is -2.37. The fourth-order valence-electron chi connectivity index (χ4n) is 4.02. The summed E-state index contributed by atoms with van der Waals surface area (Å²) in [5.41, 5.74) is 2.18. The van der Waals surface area contributed by atoms with Crippen molar-refractivity contribution in [3.63, 3.8) is 0 Å². The van der Waals surface area contributed by atoms with Gasteiger partial charge in [-0.25, -0.2) is 9.18 Å². The van der Waals surface area contributed by atoms with E-state index in [1.165, 1.54) is 6.07 Å². The first kappa shape index (κ1) is 23.6. The molecule has 2 aromatic rings. The van der Waals surface area contributed by atoms with Crippen molar-refractivity contribution in [2.45, 2.75) is 39.0 Å². The number of carbonyl (C=O) groups excluding carboxylic acids is 2. The Bertz CT molecular complexity index is 933. The lowest BCUT2D eigenvalue weighted by Crippen LogP contribution is -2.50. The Kier molecular flexibility index (Phi) is 8.09. The van der Waals surface area contributed by atoms with E-state index in [1.807, 2.05) is 6.07 Å². The maximum absolute atomic E-state index is 13.8. The lowest BCUT2D eigenvalue weighted by atomic mass is 9.83. The lowest BCUT2D eigenvalue weighted by molar-refractivity contribution is -0.121. The number of nitrogens with zero attached hydrogens (tertiary/aromatic N) is 1. The van der Waals surface area contributed by atoms with Crippen molar-refractivity contribution in [1.29, 1.82) is 0 Å². The van der Waals surface area contributed by atoms with E-state index in [-0.39, 0.29) is 29.6 Å². The van der Waals surface area contributed by atoms with Gasteiger partial charge in [0.25, 0.3) is 0 Å². The van der Waals surface area contributed by atoms with Crippen LogP contribution in [0.1, 0.15) is 43.2 Å². The number of ether oxygens (including phenoxy) is 1. The van der Waals surface area contributed by atoms with Crippen LogP contribution in [-0.2, 0) is 4.79 Å². The first-order chi connectivity index (χ1) is 15.4. The summed E-state index contributed by atoms with van der Waals surface area (Å²) in [5, 5.41) is 5.90. The molecule has 1 aliphatic rings. The van der Waals surface area contributed by atoms with Crippen molar-refractivity contribution in [3.05, 3.63) is 59.4 Å². The fraction of sp³-hybridized carbons (Fsp3) is 0.440. The van der Waals surface area contributed by atoms with Gasteiger partial charge in [0.15, 0.2) is 0 Å². The van der Waals surface area contributed by atoms with E-state index in [2.05, 4.69) is 17.6 Å². The Morgan fingerprint density at radius 3 is 2.56 bits per heavy atom. The molecule has 0 unspecified atom stereocenters. The minimum atomic E-state index is -0.377. The van der Waals surface area contributed by atoms with Gasteiger partial charge < -0.3 is 20.3 Å². The number of carbonyl (C=O) groups is 2. The summed E-state index contributed by atoms with van der Waals surface area (Å²) < 4.78 is 19.0. The van der Waals surface area contributed by atoms with Crippen LogP contribution in [0, 0.1) is 18.7 Å². The third kappa shape index (κ3) is 5.99. The molecule has 0 spiro atoms. The molecular formula is C25H32FN3O3. The number of rotatable bonds is 7. The van der Waals surface area contributed by atoms with Crippen molar-refractivity contribution >= 4 is 17.6 Å². The molecule has 1 aliphatic heterocycles. The first-order valence-electron chi connectivity index (χ1n) is 11.1. The Morgan fingerprint density at radius 2 is 1.91 bits per heavy atom. The summed E-state index contributed by atoms with van der Waals surface area (Å²) in [6.45, 7) is 5.24. The highest BCUT2D eigenvalue weighted by Gasteiger charge is 2.34. The molecule has 2 aromatic carbocycles. The normalized spacial score (nSPS) is 18.2. The number of benzene rings is 2. The first-order valence-corrected chi connectivity index (χ1v) is 11.1. The minimum absolute atomic E-state index is 0.0495. The molecular weight excluding hydrogens is 409 g/mol. The zero-order chi connectivity index (χ0) is 23.1. The molecule has 32 heavy (non-hydrogen) atoms. The summed E-state index contributed by atoms with van der Waals surface area (Å²) >= 11 is 0. The van der Waals surface area contributed by atoms with Gasteiger partial charge in [0.1, 0.15) is 11.6 Å². The summed E-state index contributed by atoms with van der Waals surface area (Å²) in [7, 11) is 1.59. The number of methoxy groups -OCH3 is 1. The van der Waals surface area contributed by atoms with Gasteiger partial charge in [0.2, 0.25) is 5.91 Å². The maximum Gasteiger partial charge on any atom is 0.317 e. The molecule has 6 nitrogen and oxygen atoms in total. The van der Waals surface area contributed by atoms with Gasteiger partial charge in [-0.15, -0.1) is 0 Å². The van der Waals surface area contributed by atoms with Crippen molar-refractivity contribution in [2.75, 3.05) is 32.1 Å². The average Bonchev–Trinajstić information content (AvgIpc) is 2.81. The van der Waals surface area contributed by atoms with Crippen LogP contribution < -0.4 is 15.4 Å². The molecule has 0 aromatic heterocycles. The highest BCUT2D eigenvalue weighted by molar-refractivity contribution is 5.93. The molecule has 1 fully saturated rings. The van der Waals surface area contributed by atoms with Crippen molar-refractivity contribution < 1.29 is 18.7 Å². The third-order valence-corrected chi connectivity index (χ3v) is 5.93. The number of urea groups is 1. The third-order valence-electron chi connectivity index (χ3n) is 5.93. The number of unbranched alkanes of at least 4 members (excludes halogenated alkanes) is 1. The number of hydrogen-bond acceptors (Lipinski definition) is 3. The number of likely N-dealkylation sites (tertiary alicyclic amines) is 1. The zero-order valence-corrected chi connectivity index (χ0v) is 19.0. The summed E-state index contributed by atoms with van der Waals surface area (Å²) in [5.74, 6) is -0.107. The molecule has 2 atom stereocenters. The number of amides is 3. The number of aryl methyl sites for hydroxylation is 1. The second kappa shape index (κ2) is 11.0. The smallest absolute Gasteiger partial charge is 0.317 e. The Labute approximate surface area is 189 Å². The van der Waals surface area contributed by atoms with Gasteiger partial charge >= 0.3 is 6.03 Å². The molecule has 7 heteroatoms. The van der Waals surface area contributed by atoms with Gasteiger partial charge in [-0.05, 0) is 61.2 Å². The molecule has 172 valence electrons. The van der Waals surface area contributed by atoms with Crippen LogP contribution in [0.3, 0.4) is 0 Å². The molecule has 2 N–H and O–H groups in total. The summed E-state index contributed by atoms with van der Waals surface area (Å²) in [4.78, 5) is 27.6. The molecule has 1 saturated heterocycles. The number of anilines is 1. The van der Waals surface area contributed by atoms with Crippen LogP contribution in [0.25, 0.3) is 0 Å². The molecule has 3 rings (SSSR count). The van der Waals surface area contributed by atoms with Crippen LogP contribution in [0.2, 0.25) is 0 Å². The largest absolute Gasteiger partial charge is 0.497 e. The van der Waals surface area contributed by atoms with Crippen molar-refractivity contribution in [1.82, 2.24) is 10.2 Å². The van der Waals surface area contributed by atoms with Gasteiger partial charge in [-0.2, -0.15) is 0 Å². The van der Waals surface area contributed by atoms with Gasteiger partial charge in [-0.1, -0.05) is 25.5 Å². The van der Waals surface area contributed by atoms with E-state index in [1.54, 1.807) is 49.3 Å². The topological polar surface area (TPSA) is 70.7 Å². The standard InChI is InChI=1S/C25H32FN3O3/c1-4-5-12-27-25(31)29-15-19(18-6-11-23(26)17(2)13-18)14-20(16-29)24(30)28-21-7-9-22(32-3)10-8-21/h6-11,13,19-20H,4-5,12,14-16H2,1-3H3,(H,27,31)(H,28,30)/t19-,20+/m0/s1. The molecule has 0 bridgehead atoms. The Morgan fingerprint density at radius 1 is 1.16 bits per heavy atom. The predicted octanol–water partition coefficient (Wildman–Crippen LogP) is 4.70. The molecule has 0 aliphatic carbocycles. The predicted molar refractivity (Wildman–Crippen MR) is 123 cm³/mol. The second-order valence-electron chi connectivity index (χ2n) is 8.35. The van der Waals surface area contributed by atoms with E-state index in [0.29, 0.717) is 43.1 Å². The van der Waals surface area contributed by atoms with E-state index >= 15 is 0 Å². The second-order valence-corrected chi connectivity index (χ2v) is 8.35. The van der Waals surface area contributed by atoms with E-state index < -0.39 is 0 Å². The zero-order valence-electron chi connectivity index (χ0n) is 19.0. The monoisotopic (exact) mass is 441 g/mol. The van der Waals surface area contributed by atoms with Crippen LogP contribution in [0.4, 0.5) is 14.9 Å². The number of halogens is 1. The van der Waals surface area contributed by atoms with Gasteiger partial charge in [0.05, 0.1) is 13.0 Å².